The third-order valence-electron chi connectivity index (χ3n) is 4.94. The van der Waals surface area contributed by atoms with Crippen LogP contribution in [0.3, 0.4) is 0 Å². The topological polar surface area (TPSA) is 77.4 Å². The van der Waals surface area contributed by atoms with E-state index >= 15 is 0 Å². The van der Waals surface area contributed by atoms with Crippen LogP contribution in [-0.4, -0.2) is 29.4 Å². The molecule has 0 aliphatic rings. The molecule has 6 heteroatoms. The van der Waals surface area contributed by atoms with E-state index in [0.717, 1.165) is 25.7 Å². The standard InChI is InChI=1S/C20H42O4S.K/c1-3-5-6-7-8-9-10-11-12-13-14-15-17-20(25(22,23)24)18-19(21)16-4-2;/h19-21H,3-18H2,1-2H3,(H,22,23,24);/q;+1/p-1. The minimum Gasteiger partial charge on any atom is -0.748 e. The van der Waals surface area contributed by atoms with Gasteiger partial charge in [0, 0.05) is 0 Å². The van der Waals surface area contributed by atoms with Gasteiger partial charge in [0.2, 0.25) is 0 Å². The van der Waals surface area contributed by atoms with Gasteiger partial charge in [0.05, 0.1) is 21.5 Å². The largest absolute Gasteiger partial charge is 1.00 e. The van der Waals surface area contributed by atoms with Crippen LogP contribution in [0.25, 0.3) is 0 Å². The molecule has 0 radical (unpaired) electrons. The molecule has 0 aliphatic heterocycles. The predicted molar refractivity (Wildman–Crippen MR) is 105 cm³/mol. The summed E-state index contributed by atoms with van der Waals surface area (Å²) in [5.41, 5.74) is 0. The molecule has 0 aromatic rings. The molecule has 0 aromatic heterocycles. The first-order valence-electron chi connectivity index (χ1n) is 10.5. The number of rotatable bonds is 18. The van der Waals surface area contributed by atoms with Gasteiger partial charge in [-0.1, -0.05) is 97.3 Å². The van der Waals surface area contributed by atoms with Gasteiger partial charge in [-0.05, 0) is 19.3 Å². The van der Waals surface area contributed by atoms with Crippen molar-refractivity contribution in [1.29, 1.82) is 0 Å². The molecule has 0 amide bonds. The Balaban J connectivity index is 0. The van der Waals surface area contributed by atoms with E-state index in [-0.39, 0.29) is 57.8 Å². The molecule has 0 aromatic carbocycles. The van der Waals surface area contributed by atoms with Crippen molar-refractivity contribution in [3.05, 3.63) is 0 Å². The van der Waals surface area contributed by atoms with Crippen LogP contribution in [0.4, 0.5) is 0 Å². The summed E-state index contributed by atoms with van der Waals surface area (Å²) in [6, 6.07) is 0. The van der Waals surface area contributed by atoms with Crippen LogP contribution < -0.4 is 51.4 Å². The van der Waals surface area contributed by atoms with Crippen LogP contribution in [-0.2, 0) is 10.1 Å². The van der Waals surface area contributed by atoms with Gasteiger partial charge in [-0.3, -0.25) is 0 Å². The average Bonchev–Trinajstić information content (AvgIpc) is 2.54. The first-order valence-corrected chi connectivity index (χ1v) is 12.0. The minimum absolute atomic E-state index is 0. The summed E-state index contributed by atoms with van der Waals surface area (Å²) in [4.78, 5) is 0. The second kappa shape index (κ2) is 19.8. The number of unbranched alkanes of at least 4 members (excludes halogenated alkanes) is 11. The predicted octanol–water partition coefficient (Wildman–Crippen LogP) is 2.55. The van der Waals surface area contributed by atoms with Crippen LogP contribution in [0.5, 0.6) is 0 Å². The molecule has 26 heavy (non-hydrogen) atoms. The molecule has 0 saturated carbocycles. The molecule has 152 valence electrons. The van der Waals surface area contributed by atoms with Crippen molar-refractivity contribution in [3.8, 4) is 0 Å². The van der Waals surface area contributed by atoms with Gasteiger partial charge in [0.25, 0.3) is 0 Å². The van der Waals surface area contributed by atoms with Crippen LogP contribution >= 0.6 is 0 Å². The average molecular weight is 417 g/mol. The molecule has 4 nitrogen and oxygen atoms in total. The zero-order valence-corrected chi connectivity index (χ0v) is 21.5. The van der Waals surface area contributed by atoms with Crippen LogP contribution in [0.2, 0.25) is 0 Å². The molecule has 0 bridgehead atoms. The second-order valence-electron chi connectivity index (χ2n) is 7.47. The number of aliphatic hydroxyl groups excluding tert-OH is 1. The second-order valence-corrected chi connectivity index (χ2v) is 9.12. The van der Waals surface area contributed by atoms with Crippen molar-refractivity contribution in [2.75, 3.05) is 0 Å². The van der Waals surface area contributed by atoms with E-state index in [9.17, 15) is 18.1 Å². The fourth-order valence-corrected chi connectivity index (χ4v) is 4.26. The maximum atomic E-state index is 11.3. The van der Waals surface area contributed by atoms with Gasteiger partial charge in [-0.2, -0.15) is 0 Å². The van der Waals surface area contributed by atoms with Crippen LogP contribution in [0.1, 0.15) is 117 Å². The fraction of sp³-hybridized carbons (Fsp3) is 1.00. The Morgan fingerprint density at radius 2 is 1.15 bits per heavy atom. The molecule has 2 atom stereocenters. The first-order chi connectivity index (χ1) is 11.9. The number of hydrogen-bond donors (Lipinski definition) is 1. The Labute approximate surface area is 205 Å². The Morgan fingerprint density at radius 3 is 1.54 bits per heavy atom. The summed E-state index contributed by atoms with van der Waals surface area (Å²) in [5.74, 6) is 0. The quantitative estimate of drug-likeness (QED) is 0.212. The van der Waals surface area contributed by atoms with Crippen LogP contribution in [0, 0.1) is 0 Å². The smallest absolute Gasteiger partial charge is 0.748 e. The Hall–Kier alpha value is 1.51. The fourth-order valence-electron chi connectivity index (χ4n) is 3.35. The number of aliphatic hydroxyl groups is 1. The summed E-state index contributed by atoms with van der Waals surface area (Å²) in [7, 11) is -4.30. The first kappa shape index (κ1) is 29.7. The molecule has 0 spiro atoms. The summed E-state index contributed by atoms with van der Waals surface area (Å²) in [6.07, 6.45) is 15.8. The summed E-state index contributed by atoms with van der Waals surface area (Å²) >= 11 is 0. The molecular formula is C20H41KO4S. The van der Waals surface area contributed by atoms with E-state index < -0.39 is 21.5 Å². The Morgan fingerprint density at radius 1 is 0.731 bits per heavy atom. The maximum absolute atomic E-state index is 11.3. The molecule has 1 N–H and O–H groups in total. The van der Waals surface area contributed by atoms with Crippen molar-refractivity contribution in [1.82, 2.24) is 0 Å². The molecule has 0 saturated heterocycles. The normalized spacial score (nSPS) is 14.0. The van der Waals surface area contributed by atoms with E-state index in [1.54, 1.807) is 0 Å². The van der Waals surface area contributed by atoms with Gasteiger partial charge < -0.3 is 9.66 Å². The molecule has 0 fully saturated rings. The number of hydrogen-bond acceptors (Lipinski definition) is 4. The van der Waals surface area contributed by atoms with Crippen LogP contribution in [0.15, 0.2) is 0 Å². The van der Waals surface area contributed by atoms with E-state index in [1.165, 1.54) is 57.8 Å². The summed E-state index contributed by atoms with van der Waals surface area (Å²) in [6.45, 7) is 4.18. The zero-order chi connectivity index (χ0) is 19.0. The monoisotopic (exact) mass is 416 g/mol. The van der Waals surface area contributed by atoms with Crippen molar-refractivity contribution in [3.63, 3.8) is 0 Å². The SMILES string of the molecule is CCCCCCCCCCCCCCC(CC(O)CCC)S(=O)(=O)[O-].[K+]. The molecule has 0 heterocycles. The van der Waals surface area contributed by atoms with Crippen molar-refractivity contribution in [2.24, 2.45) is 0 Å². The van der Waals surface area contributed by atoms with E-state index in [0.29, 0.717) is 12.8 Å². The van der Waals surface area contributed by atoms with Gasteiger partial charge >= 0.3 is 51.4 Å². The Bertz CT molecular complexity index is 387. The zero-order valence-electron chi connectivity index (χ0n) is 17.5. The molecule has 0 aliphatic carbocycles. The van der Waals surface area contributed by atoms with Gasteiger partial charge in [-0.15, -0.1) is 0 Å². The maximum Gasteiger partial charge on any atom is 1.00 e. The van der Waals surface area contributed by atoms with E-state index in [1.807, 2.05) is 6.92 Å². The van der Waals surface area contributed by atoms with Crippen molar-refractivity contribution < 1.29 is 69.5 Å². The van der Waals surface area contributed by atoms with E-state index in [4.69, 9.17) is 0 Å². The minimum atomic E-state index is -4.30. The van der Waals surface area contributed by atoms with Gasteiger partial charge in [-0.25, -0.2) is 8.42 Å². The van der Waals surface area contributed by atoms with Gasteiger partial charge in [0.15, 0.2) is 0 Å². The van der Waals surface area contributed by atoms with Crippen molar-refractivity contribution in [2.45, 2.75) is 128 Å². The molecular weight excluding hydrogens is 375 g/mol. The summed E-state index contributed by atoms with van der Waals surface area (Å²) < 4.78 is 34.0. The summed E-state index contributed by atoms with van der Waals surface area (Å²) in [5, 5.41) is 8.85. The third-order valence-corrected chi connectivity index (χ3v) is 6.19. The van der Waals surface area contributed by atoms with Crippen molar-refractivity contribution >= 4 is 10.1 Å². The molecule has 2 unspecified atom stereocenters. The van der Waals surface area contributed by atoms with Gasteiger partial charge in [0.1, 0.15) is 0 Å². The third kappa shape index (κ3) is 18.9. The molecule has 0 rings (SSSR count). The van der Waals surface area contributed by atoms with E-state index in [2.05, 4.69) is 6.92 Å². The Kier molecular flexibility index (Phi) is 22.6.